The van der Waals surface area contributed by atoms with Gasteiger partial charge in [0.25, 0.3) is 0 Å². The van der Waals surface area contributed by atoms with Crippen LogP contribution in [0.25, 0.3) is 0 Å². The first-order chi connectivity index (χ1) is 11.8. The van der Waals surface area contributed by atoms with E-state index in [0.29, 0.717) is 5.92 Å². The fraction of sp³-hybridized carbons (Fsp3) is 0.684. The Balaban J connectivity index is 1.29. The second-order valence-corrected chi connectivity index (χ2v) is 7.66. The van der Waals surface area contributed by atoms with Gasteiger partial charge < -0.3 is 9.47 Å². The molecular formula is C19H29N5. The Morgan fingerprint density at radius 3 is 2.92 bits per heavy atom. The van der Waals surface area contributed by atoms with Crippen molar-refractivity contribution in [2.75, 3.05) is 19.6 Å². The molecule has 130 valence electrons. The number of hydrogen-bond donors (Lipinski definition) is 0. The summed E-state index contributed by atoms with van der Waals surface area (Å²) in [4.78, 5) is 7.33. The molecule has 1 aliphatic heterocycles. The van der Waals surface area contributed by atoms with Crippen molar-refractivity contribution in [3.8, 4) is 0 Å². The smallest absolute Gasteiger partial charge is 0.113 e. The van der Waals surface area contributed by atoms with Crippen LogP contribution in [0, 0.1) is 12.8 Å². The molecular weight excluding hydrogens is 298 g/mol. The van der Waals surface area contributed by atoms with Crippen LogP contribution >= 0.6 is 0 Å². The lowest BCUT2D eigenvalue weighted by Crippen LogP contribution is -2.36. The van der Waals surface area contributed by atoms with Gasteiger partial charge in [-0.3, -0.25) is 4.68 Å². The van der Waals surface area contributed by atoms with Crippen molar-refractivity contribution in [1.82, 2.24) is 24.2 Å². The van der Waals surface area contributed by atoms with Crippen LogP contribution in [0.3, 0.4) is 0 Å². The Bertz CT molecular complexity index is 654. The third-order valence-corrected chi connectivity index (χ3v) is 5.39. The van der Waals surface area contributed by atoms with Crippen LogP contribution in [0.1, 0.15) is 49.4 Å². The molecule has 5 heteroatoms. The fourth-order valence-electron chi connectivity index (χ4n) is 3.93. The summed E-state index contributed by atoms with van der Waals surface area (Å²) in [5.41, 5.74) is 1.25. The zero-order valence-corrected chi connectivity index (χ0v) is 14.8. The van der Waals surface area contributed by atoms with Crippen LogP contribution in [0.15, 0.2) is 24.8 Å². The highest BCUT2D eigenvalue weighted by molar-refractivity contribution is 5.04. The molecule has 1 aliphatic carbocycles. The quantitative estimate of drug-likeness (QED) is 0.784. The zero-order chi connectivity index (χ0) is 16.4. The van der Waals surface area contributed by atoms with Crippen molar-refractivity contribution in [1.29, 1.82) is 0 Å². The Kier molecular flexibility index (Phi) is 4.69. The molecule has 5 nitrogen and oxygen atoms in total. The average Bonchev–Trinajstić information content (AvgIpc) is 3.11. The minimum Gasteiger partial charge on any atom is -0.334 e. The largest absolute Gasteiger partial charge is 0.334 e. The second-order valence-electron chi connectivity index (χ2n) is 7.66. The van der Waals surface area contributed by atoms with Crippen molar-refractivity contribution < 1.29 is 0 Å². The lowest BCUT2D eigenvalue weighted by atomic mass is 9.97. The number of likely N-dealkylation sites (tertiary alicyclic amines) is 1. The summed E-state index contributed by atoms with van der Waals surface area (Å²) < 4.78 is 4.50. The van der Waals surface area contributed by atoms with E-state index in [4.69, 9.17) is 4.98 Å². The van der Waals surface area contributed by atoms with Crippen molar-refractivity contribution in [3.63, 3.8) is 0 Å². The van der Waals surface area contributed by atoms with E-state index < -0.39 is 0 Å². The van der Waals surface area contributed by atoms with Gasteiger partial charge in [-0.05, 0) is 63.6 Å². The van der Waals surface area contributed by atoms with Gasteiger partial charge in [0.1, 0.15) is 5.82 Å². The van der Waals surface area contributed by atoms with E-state index in [1.54, 1.807) is 0 Å². The maximum atomic E-state index is 4.71. The second kappa shape index (κ2) is 7.09. The molecule has 1 unspecified atom stereocenters. The van der Waals surface area contributed by atoms with Gasteiger partial charge in [-0.1, -0.05) is 0 Å². The van der Waals surface area contributed by atoms with E-state index in [0.717, 1.165) is 12.5 Å². The molecule has 3 heterocycles. The Hall–Kier alpha value is -1.62. The Morgan fingerprint density at radius 1 is 1.21 bits per heavy atom. The lowest BCUT2D eigenvalue weighted by molar-refractivity contribution is 0.196. The summed E-state index contributed by atoms with van der Waals surface area (Å²) >= 11 is 0. The molecule has 0 N–H and O–H groups in total. The first kappa shape index (κ1) is 15.9. The van der Waals surface area contributed by atoms with E-state index in [9.17, 15) is 0 Å². The van der Waals surface area contributed by atoms with Crippen molar-refractivity contribution in [2.45, 2.75) is 58.0 Å². The molecule has 2 aromatic rings. The van der Waals surface area contributed by atoms with Gasteiger partial charge in [-0.2, -0.15) is 5.10 Å². The van der Waals surface area contributed by atoms with Crippen molar-refractivity contribution >= 4 is 0 Å². The Morgan fingerprint density at radius 2 is 2.12 bits per heavy atom. The topological polar surface area (TPSA) is 38.9 Å². The number of imidazole rings is 1. The van der Waals surface area contributed by atoms with E-state index in [-0.39, 0.29) is 0 Å². The summed E-state index contributed by atoms with van der Waals surface area (Å²) in [6.45, 7) is 7.87. The fourth-order valence-corrected chi connectivity index (χ4v) is 3.93. The minimum absolute atomic E-state index is 0.611. The number of aromatic nitrogens is 4. The predicted molar refractivity (Wildman–Crippen MR) is 94.9 cm³/mol. The number of piperidine rings is 1. The molecule has 1 saturated heterocycles. The third-order valence-electron chi connectivity index (χ3n) is 5.39. The van der Waals surface area contributed by atoms with E-state index >= 15 is 0 Å². The van der Waals surface area contributed by atoms with Crippen LogP contribution in [0.5, 0.6) is 0 Å². The molecule has 0 radical (unpaired) electrons. The normalized spacial score (nSPS) is 22.1. The number of nitrogens with zero attached hydrogens (tertiary/aromatic N) is 5. The summed E-state index contributed by atoms with van der Waals surface area (Å²) in [6, 6.07) is 0. The molecule has 1 saturated carbocycles. The van der Waals surface area contributed by atoms with Gasteiger partial charge >= 0.3 is 0 Å². The van der Waals surface area contributed by atoms with Gasteiger partial charge in [0.05, 0.1) is 6.20 Å². The first-order valence-corrected chi connectivity index (χ1v) is 9.50. The molecule has 2 aromatic heterocycles. The molecule has 0 spiro atoms. The van der Waals surface area contributed by atoms with Crippen LogP contribution in [-0.4, -0.2) is 43.9 Å². The summed E-state index contributed by atoms with van der Waals surface area (Å²) in [5.74, 6) is 2.85. The van der Waals surface area contributed by atoms with E-state index in [1.807, 2.05) is 12.4 Å². The highest BCUT2D eigenvalue weighted by Crippen LogP contribution is 2.33. The molecule has 2 fully saturated rings. The maximum absolute atomic E-state index is 4.71. The lowest BCUT2D eigenvalue weighted by Gasteiger charge is -2.32. The van der Waals surface area contributed by atoms with Crippen molar-refractivity contribution in [2.24, 2.45) is 5.92 Å². The van der Waals surface area contributed by atoms with Gasteiger partial charge in [-0.25, -0.2) is 4.98 Å². The van der Waals surface area contributed by atoms with Crippen LogP contribution in [0.4, 0.5) is 0 Å². The Labute approximate surface area is 144 Å². The van der Waals surface area contributed by atoms with Gasteiger partial charge in [0.15, 0.2) is 0 Å². The zero-order valence-electron chi connectivity index (χ0n) is 14.8. The monoisotopic (exact) mass is 327 g/mol. The van der Waals surface area contributed by atoms with E-state index in [2.05, 4.69) is 38.6 Å². The molecule has 0 amide bonds. The molecule has 1 atom stereocenters. The molecule has 24 heavy (non-hydrogen) atoms. The maximum Gasteiger partial charge on any atom is 0.113 e. The number of hydrogen-bond acceptors (Lipinski definition) is 3. The minimum atomic E-state index is 0.611. The molecule has 2 aliphatic rings. The highest BCUT2D eigenvalue weighted by Gasteiger charge is 2.27. The highest BCUT2D eigenvalue weighted by atomic mass is 15.3. The van der Waals surface area contributed by atoms with Gasteiger partial charge in [-0.15, -0.1) is 0 Å². The third kappa shape index (κ3) is 3.89. The SMILES string of the molecule is Cc1cnn(CCCN2CCCC(c3nccn3CC3CC3)C2)c1. The first-order valence-electron chi connectivity index (χ1n) is 9.50. The van der Waals surface area contributed by atoms with Gasteiger partial charge in [0.2, 0.25) is 0 Å². The van der Waals surface area contributed by atoms with E-state index in [1.165, 1.54) is 69.7 Å². The predicted octanol–water partition coefficient (Wildman–Crippen LogP) is 3.07. The summed E-state index contributed by atoms with van der Waals surface area (Å²) in [5, 5.41) is 4.38. The van der Waals surface area contributed by atoms with Crippen LogP contribution in [0.2, 0.25) is 0 Å². The number of aryl methyl sites for hydroxylation is 2. The van der Waals surface area contributed by atoms with Crippen molar-refractivity contribution in [3.05, 3.63) is 36.2 Å². The van der Waals surface area contributed by atoms with Gasteiger partial charge in [0, 0.05) is 44.1 Å². The number of rotatable bonds is 7. The van der Waals surface area contributed by atoms with Crippen LogP contribution in [-0.2, 0) is 13.1 Å². The summed E-state index contributed by atoms with van der Waals surface area (Å²) in [6.07, 6.45) is 14.8. The molecule has 0 aromatic carbocycles. The van der Waals surface area contributed by atoms with Crippen LogP contribution < -0.4 is 0 Å². The average molecular weight is 327 g/mol. The summed E-state index contributed by atoms with van der Waals surface area (Å²) in [7, 11) is 0. The standard InChI is InChI=1S/C19H29N5/c1-16-12-21-24(13-16)10-3-9-22-8-2-4-18(15-22)19-20-7-11-23(19)14-17-5-6-17/h7,11-13,17-18H,2-6,8-10,14-15H2,1H3. The molecule has 4 rings (SSSR count). The molecule has 0 bridgehead atoms.